The standard InChI is InChI=1S/C16H15BrN4/c17-14-5-6-15(19-10-14)11-18-9-12-1-3-13(4-2-12)16-7-8-20-21-16/h1-8,10,18H,9,11H2,(H,20,21). The summed E-state index contributed by atoms with van der Waals surface area (Å²) in [6, 6.07) is 14.4. The molecule has 2 heterocycles. The van der Waals surface area contributed by atoms with Gasteiger partial charge < -0.3 is 5.32 Å². The van der Waals surface area contributed by atoms with Crippen molar-refractivity contribution in [2.75, 3.05) is 0 Å². The fraction of sp³-hybridized carbons (Fsp3) is 0.125. The van der Waals surface area contributed by atoms with Gasteiger partial charge in [0.2, 0.25) is 0 Å². The number of nitrogens with one attached hydrogen (secondary N) is 2. The maximum Gasteiger partial charge on any atom is 0.0650 e. The van der Waals surface area contributed by atoms with E-state index in [-0.39, 0.29) is 0 Å². The molecule has 5 heteroatoms. The number of halogens is 1. The van der Waals surface area contributed by atoms with Crippen molar-refractivity contribution < 1.29 is 0 Å². The van der Waals surface area contributed by atoms with E-state index in [0.29, 0.717) is 0 Å². The zero-order valence-electron chi connectivity index (χ0n) is 11.4. The Balaban J connectivity index is 1.55. The van der Waals surface area contributed by atoms with Gasteiger partial charge >= 0.3 is 0 Å². The predicted octanol–water partition coefficient (Wildman–Crippen LogP) is 3.52. The average Bonchev–Trinajstić information content (AvgIpc) is 3.04. The van der Waals surface area contributed by atoms with E-state index < -0.39 is 0 Å². The quantitative estimate of drug-likeness (QED) is 0.745. The molecule has 106 valence electrons. The minimum absolute atomic E-state index is 0.760. The van der Waals surface area contributed by atoms with Crippen LogP contribution in [0.1, 0.15) is 11.3 Å². The number of aromatic nitrogens is 3. The molecule has 0 bridgehead atoms. The largest absolute Gasteiger partial charge is 0.307 e. The van der Waals surface area contributed by atoms with Crippen molar-refractivity contribution in [3.05, 3.63) is 70.6 Å². The van der Waals surface area contributed by atoms with Crippen LogP contribution in [0, 0.1) is 0 Å². The first-order valence-corrected chi connectivity index (χ1v) is 7.50. The molecule has 0 fully saturated rings. The van der Waals surface area contributed by atoms with Crippen molar-refractivity contribution in [3.63, 3.8) is 0 Å². The van der Waals surface area contributed by atoms with E-state index in [2.05, 4.69) is 60.7 Å². The number of pyridine rings is 1. The molecule has 1 aromatic carbocycles. The summed E-state index contributed by atoms with van der Waals surface area (Å²) in [5.41, 5.74) is 4.46. The Morgan fingerprint density at radius 3 is 2.52 bits per heavy atom. The number of benzene rings is 1. The summed E-state index contributed by atoms with van der Waals surface area (Å²) in [7, 11) is 0. The van der Waals surface area contributed by atoms with Crippen LogP contribution >= 0.6 is 15.9 Å². The maximum absolute atomic E-state index is 4.34. The van der Waals surface area contributed by atoms with Gasteiger partial charge in [0.1, 0.15) is 0 Å². The lowest BCUT2D eigenvalue weighted by Gasteiger charge is -2.06. The van der Waals surface area contributed by atoms with Gasteiger partial charge in [-0.3, -0.25) is 10.1 Å². The predicted molar refractivity (Wildman–Crippen MR) is 86.5 cm³/mol. The van der Waals surface area contributed by atoms with Gasteiger partial charge in [0.05, 0.1) is 11.4 Å². The highest BCUT2D eigenvalue weighted by molar-refractivity contribution is 9.10. The molecule has 4 nitrogen and oxygen atoms in total. The zero-order valence-corrected chi connectivity index (χ0v) is 13.0. The maximum atomic E-state index is 4.34. The van der Waals surface area contributed by atoms with Gasteiger partial charge in [-0.05, 0) is 45.3 Å². The van der Waals surface area contributed by atoms with Crippen molar-refractivity contribution in [2.45, 2.75) is 13.1 Å². The van der Waals surface area contributed by atoms with Gasteiger partial charge in [-0.25, -0.2) is 0 Å². The van der Waals surface area contributed by atoms with Crippen LogP contribution in [0.15, 0.2) is 59.3 Å². The van der Waals surface area contributed by atoms with Crippen LogP contribution in [0.25, 0.3) is 11.3 Å². The molecule has 0 aliphatic carbocycles. The lowest BCUT2D eigenvalue weighted by atomic mass is 10.1. The highest BCUT2D eigenvalue weighted by Gasteiger charge is 1.99. The van der Waals surface area contributed by atoms with Crippen LogP contribution in [-0.4, -0.2) is 15.2 Å². The number of hydrogen-bond acceptors (Lipinski definition) is 3. The molecule has 3 rings (SSSR count). The Hall–Kier alpha value is -1.98. The first-order chi connectivity index (χ1) is 10.3. The smallest absolute Gasteiger partial charge is 0.0650 e. The van der Waals surface area contributed by atoms with Crippen molar-refractivity contribution in [1.29, 1.82) is 0 Å². The lowest BCUT2D eigenvalue weighted by molar-refractivity contribution is 0.679. The topological polar surface area (TPSA) is 53.6 Å². The minimum atomic E-state index is 0.760. The highest BCUT2D eigenvalue weighted by Crippen LogP contribution is 2.16. The Morgan fingerprint density at radius 2 is 1.86 bits per heavy atom. The molecule has 0 spiro atoms. The van der Waals surface area contributed by atoms with Crippen molar-refractivity contribution in [1.82, 2.24) is 20.5 Å². The molecule has 0 radical (unpaired) electrons. The lowest BCUT2D eigenvalue weighted by Crippen LogP contribution is -2.13. The number of H-pyrrole nitrogens is 1. The van der Waals surface area contributed by atoms with E-state index in [1.165, 1.54) is 5.56 Å². The molecule has 0 aliphatic heterocycles. The number of hydrogen-bond donors (Lipinski definition) is 2. The third-order valence-electron chi connectivity index (χ3n) is 3.19. The summed E-state index contributed by atoms with van der Waals surface area (Å²) in [5.74, 6) is 0. The molecule has 2 N–H and O–H groups in total. The third kappa shape index (κ3) is 3.77. The van der Waals surface area contributed by atoms with E-state index in [4.69, 9.17) is 0 Å². The Morgan fingerprint density at radius 1 is 1.00 bits per heavy atom. The van der Waals surface area contributed by atoms with Gasteiger partial charge in [-0.2, -0.15) is 5.10 Å². The zero-order chi connectivity index (χ0) is 14.5. The Labute approximate surface area is 131 Å². The second kappa shape index (κ2) is 6.65. The van der Waals surface area contributed by atoms with Crippen molar-refractivity contribution >= 4 is 15.9 Å². The summed E-state index contributed by atoms with van der Waals surface area (Å²) in [5, 5.41) is 10.3. The normalized spacial score (nSPS) is 10.7. The second-order valence-corrected chi connectivity index (χ2v) is 5.65. The molecule has 3 aromatic rings. The molecular formula is C16H15BrN4. The number of rotatable bonds is 5. The molecule has 2 aromatic heterocycles. The van der Waals surface area contributed by atoms with Crippen LogP contribution in [-0.2, 0) is 13.1 Å². The van der Waals surface area contributed by atoms with E-state index in [1.807, 2.05) is 24.4 Å². The molecule has 21 heavy (non-hydrogen) atoms. The summed E-state index contributed by atoms with van der Waals surface area (Å²) in [4.78, 5) is 4.34. The SMILES string of the molecule is Brc1ccc(CNCc2ccc(-c3ccn[nH]3)cc2)nc1. The highest BCUT2D eigenvalue weighted by atomic mass is 79.9. The summed E-state index contributed by atoms with van der Waals surface area (Å²) >= 11 is 3.38. The van der Waals surface area contributed by atoms with Crippen molar-refractivity contribution in [3.8, 4) is 11.3 Å². The van der Waals surface area contributed by atoms with Crippen LogP contribution in [0.3, 0.4) is 0 Å². The fourth-order valence-corrected chi connectivity index (χ4v) is 2.30. The van der Waals surface area contributed by atoms with E-state index in [0.717, 1.165) is 34.5 Å². The second-order valence-electron chi connectivity index (χ2n) is 4.74. The van der Waals surface area contributed by atoms with Crippen LogP contribution in [0.2, 0.25) is 0 Å². The molecule has 0 amide bonds. The Bertz CT molecular complexity index is 675. The first-order valence-electron chi connectivity index (χ1n) is 6.71. The van der Waals surface area contributed by atoms with Gasteiger partial charge in [0.15, 0.2) is 0 Å². The first kappa shape index (κ1) is 14.0. The number of nitrogens with zero attached hydrogens (tertiary/aromatic N) is 2. The Kier molecular flexibility index (Phi) is 4.43. The monoisotopic (exact) mass is 342 g/mol. The fourth-order valence-electron chi connectivity index (χ4n) is 2.06. The molecule has 0 atom stereocenters. The molecule has 0 aliphatic rings. The molecule has 0 saturated carbocycles. The third-order valence-corrected chi connectivity index (χ3v) is 3.66. The van der Waals surface area contributed by atoms with E-state index >= 15 is 0 Å². The van der Waals surface area contributed by atoms with Crippen LogP contribution < -0.4 is 5.32 Å². The minimum Gasteiger partial charge on any atom is -0.307 e. The summed E-state index contributed by atoms with van der Waals surface area (Å²) in [6.45, 7) is 1.58. The summed E-state index contributed by atoms with van der Waals surface area (Å²) < 4.78 is 1.00. The van der Waals surface area contributed by atoms with Crippen LogP contribution in [0.4, 0.5) is 0 Å². The average molecular weight is 343 g/mol. The van der Waals surface area contributed by atoms with E-state index in [1.54, 1.807) is 6.20 Å². The number of aromatic amines is 1. The molecule has 0 saturated heterocycles. The van der Waals surface area contributed by atoms with Crippen LogP contribution in [0.5, 0.6) is 0 Å². The van der Waals surface area contributed by atoms with Gasteiger partial charge in [-0.15, -0.1) is 0 Å². The van der Waals surface area contributed by atoms with Gasteiger partial charge in [-0.1, -0.05) is 24.3 Å². The summed E-state index contributed by atoms with van der Waals surface area (Å²) in [6.07, 6.45) is 3.58. The molecule has 0 unspecified atom stereocenters. The van der Waals surface area contributed by atoms with Crippen molar-refractivity contribution in [2.24, 2.45) is 0 Å². The molecular weight excluding hydrogens is 328 g/mol. The van der Waals surface area contributed by atoms with E-state index in [9.17, 15) is 0 Å². The van der Waals surface area contributed by atoms with Gasteiger partial charge in [0.25, 0.3) is 0 Å². The van der Waals surface area contributed by atoms with Gasteiger partial charge in [0, 0.05) is 30.0 Å².